The van der Waals surface area contributed by atoms with Crippen molar-refractivity contribution in [2.75, 3.05) is 12.8 Å². The first-order valence-corrected chi connectivity index (χ1v) is 6.45. The van der Waals surface area contributed by atoms with Crippen molar-refractivity contribution in [3.63, 3.8) is 0 Å². The van der Waals surface area contributed by atoms with Crippen molar-refractivity contribution in [1.29, 1.82) is 0 Å². The van der Waals surface area contributed by atoms with Crippen LogP contribution in [0, 0.1) is 5.92 Å². The lowest BCUT2D eigenvalue weighted by Gasteiger charge is -2.05. The van der Waals surface area contributed by atoms with Crippen LogP contribution in [-0.4, -0.2) is 17.3 Å². The normalized spacial score (nSPS) is 11.1. The summed E-state index contributed by atoms with van der Waals surface area (Å²) in [7, 11) is 1.67. The molecule has 5 heteroatoms. The van der Waals surface area contributed by atoms with Gasteiger partial charge in [-0.2, -0.15) is 5.10 Å². The molecule has 0 radical (unpaired) electrons. The number of aromatic amines is 1. The molecule has 0 amide bonds. The van der Waals surface area contributed by atoms with Gasteiger partial charge in [-0.3, -0.25) is 5.10 Å². The van der Waals surface area contributed by atoms with Crippen molar-refractivity contribution in [3.8, 4) is 16.3 Å². The van der Waals surface area contributed by atoms with Gasteiger partial charge in [0, 0.05) is 17.0 Å². The van der Waals surface area contributed by atoms with Gasteiger partial charge in [0.1, 0.15) is 11.6 Å². The number of nitrogens with two attached hydrogens (primary N) is 1. The Morgan fingerprint density at radius 2 is 2.29 bits per heavy atom. The number of hydrogen-bond donors (Lipinski definition) is 2. The summed E-state index contributed by atoms with van der Waals surface area (Å²) in [6.07, 6.45) is 0.928. The van der Waals surface area contributed by atoms with Crippen LogP contribution in [0.1, 0.15) is 19.4 Å². The zero-order valence-corrected chi connectivity index (χ0v) is 11.1. The van der Waals surface area contributed by atoms with Crippen molar-refractivity contribution >= 4 is 17.2 Å². The molecule has 2 heterocycles. The topological polar surface area (TPSA) is 63.9 Å². The molecule has 0 aliphatic rings. The van der Waals surface area contributed by atoms with Crippen molar-refractivity contribution in [2.24, 2.45) is 5.92 Å². The van der Waals surface area contributed by atoms with Crippen LogP contribution in [0.4, 0.5) is 5.82 Å². The maximum atomic E-state index is 5.90. The first-order chi connectivity index (χ1) is 8.11. The summed E-state index contributed by atoms with van der Waals surface area (Å²) < 4.78 is 5.19. The van der Waals surface area contributed by atoms with Gasteiger partial charge in [0.05, 0.1) is 17.7 Å². The number of methoxy groups -OCH3 is 1. The van der Waals surface area contributed by atoms with E-state index < -0.39 is 0 Å². The van der Waals surface area contributed by atoms with Gasteiger partial charge in [0.2, 0.25) is 0 Å². The first-order valence-electron chi connectivity index (χ1n) is 5.57. The van der Waals surface area contributed by atoms with E-state index in [1.54, 1.807) is 18.4 Å². The van der Waals surface area contributed by atoms with Crippen LogP contribution >= 0.6 is 11.3 Å². The monoisotopic (exact) mass is 251 g/mol. The number of thiophene rings is 1. The molecule has 0 fully saturated rings. The standard InChI is InChI=1S/C12H17N3OS/c1-7(2)4-9-11(14-15-12(9)13)10-5-8(16-3)6-17-10/h5-7H,4H2,1-3H3,(H3,13,14,15). The molecule has 92 valence electrons. The molecule has 0 saturated heterocycles. The summed E-state index contributed by atoms with van der Waals surface area (Å²) in [5.74, 6) is 2.02. The van der Waals surface area contributed by atoms with E-state index >= 15 is 0 Å². The zero-order chi connectivity index (χ0) is 12.4. The maximum absolute atomic E-state index is 5.90. The minimum absolute atomic E-state index is 0.551. The van der Waals surface area contributed by atoms with Gasteiger partial charge < -0.3 is 10.5 Å². The molecule has 0 aromatic carbocycles. The third-order valence-corrected chi connectivity index (χ3v) is 3.50. The Balaban J connectivity index is 2.37. The molecule has 2 rings (SSSR count). The van der Waals surface area contributed by atoms with Gasteiger partial charge in [-0.1, -0.05) is 13.8 Å². The predicted molar refractivity (Wildman–Crippen MR) is 71.4 cm³/mol. The molecule has 0 saturated carbocycles. The Bertz CT molecular complexity index is 502. The second-order valence-electron chi connectivity index (χ2n) is 4.41. The van der Waals surface area contributed by atoms with Gasteiger partial charge in [-0.15, -0.1) is 11.3 Å². The number of nitrogens with one attached hydrogen (secondary N) is 1. The fraction of sp³-hybridized carbons (Fsp3) is 0.417. The van der Waals surface area contributed by atoms with E-state index in [0.717, 1.165) is 28.3 Å². The average Bonchev–Trinajstić information content (AvgIpc) is 2.86. The lowest BCUT2D eigenvalue weighted by molar-refractivity contribution is 0.417. The summed E-state index contributed by atoms with van der Waals surface area (Å²) >= 11 is 1.63. The summed E-state index contributed by atoms with van der Waals surface area (Å²) in [4.78, 5) is 1.11. The number of ether oxygens (including phenoxy) is 1. The van der Waals surface area contributed by atoms with E-state index in [9.17, 15) is 0 Å². The quantitative estimate of drug-likeness (QED) is 0.878. The third kappa shape index (κ3) is 2.44. The summed E-state index contributed by atoms with van der Waals surface area (Å²) in [5, 5.41) is 9.09. The molecule has 17 heavy (non-hydrogen) atoms. The second kappa shape index (κ2) is 4.79. The largest absolute Gasteiger partial charge is 0.496 e. The second-order valence-corrected chi connectivity index (χ2v) is 5.32. The van der Waals surface area contributed by atoms with Gasteiger partial charge in [0.25, 0.3) is 0 Å². The van der Waals surface area contributed by atoms with Crippen LogP contribution in [0.25, 0.3) is 10.6 Å². The van der Waals surface area contributed by atoms with E-state index in [2.05, 4.69) is 24.0 Å². The molecule has 0 bridgehead atoms. The fourth-order valence-electron chi connectivity index (χ4n) is 1.75. The Hall–Kier alpha value is -1.49. The number of hydrogen-bond acceptors (Lipinski definition) is 4. The van der Waals surface area contributed by atoms with Crippen LogP contribution in [0.5, 0.6) is 5.75 Å². The Labute approximate surface area is 105 Å². The van der Waals surface area contributed by atoms with Crippen LogP contribution in [0.2, 0.25) is 0 Å². The summed E-state index contributed by atoms with van der Waals surface area (Å²) in [6, 6.07) is 2.00. The highest BCUT2D eigenvalue weighted by molar-refractivity contribution is 7.13. The zero-order valence-electron chi connectivity index (χ0n) is 10.3. The Morgan fingerprint density at radius 1 is 1.53 bits per heavy atom. The van der Waals surface area contributed by atoms with E-state index in [1.165, 1.54) is 0 Å². The van der Waals surface area contributed by atoms with Gasteiger partial charge in [0.15, 0.2) is 0 Å². The molecule has 0 unspecified atom stereocenters. The SMILES string of the molecule is COc1csc(-c2[nH]nc(N)c2CC(C)C)c1. The fourth-order valence-corrected chi connectivity index (χ4v) is 2.63. The number of aromatic nitrogens is 2. The molecular weight excluding hydrogens is 234 g/mol. The molecule has 4 nitrogen and oxygen atoms in total. The molecule has 0 aliphatic heterocycles. The van der Waals surface area contributed by atoms with Crippen LogP contribution in [-0.2, 0) is 6.42 Å². The minimum atomic E-state index is 0.551. The molecule has 0 spiro atoms. The molecular formula is C12H17N3OS. The Morgan fingerprint density at radius 3 is 2.88 bits per heavy atom. The summed E-state index contributed by atoms with van der Waals surface area (Å²) in [5.41, 5.74) is 8.02. The third-order valence-electron chi connectivity index (χ3n) is 2.57. The van der Waals surface area contributed by atoms with Crippen LogP contribution < -0.4 is 10.5 Å². The maximum Gasteiger partial charge on any atom is 0.149 e. The highest BCUT2D eigenvalue weighted by atomic mass is 32.1. The van der Waals surface area contributed by atoms with E-state index in [1.807, 2.05) is 11.4 Å². The molecule has 0 atom stereocenters. The van der Waals surface area contributed by atoms with E-state index in [0.29, 0.717) is 11.7 Å². The summed E-state index contributed by atoms with van der Waals surface area (Å²) in [6.45, 7) is 4.34. The Kier molecular flexibility index (Phi) is 3.38. The highest BCUT2D eigenvalue weighted by Gasteiger charge is 2.15. The first kappa shape index (κ1) is 12.0. The minimum Gasteiger partial charge on any atom is -0.496 e. The smallest absolute Gasteiger partial charge is 0.149 e. The lowest BCUT2D eigenvalue weighted by Crippen LogP contribution is -1.98. The van der Waals surface area contributed by atoms with Crippen molar-refractivity contribution in [3.05, 3.63) is 17.0 Å². The molecule has 3 N–H and O–H groups in total. The molecule has 0 aliphatic carbocycles. The average molecular weight is 251 g/mol. The van der Waals surface area contributed by atoms with Crippen molar-refractivity contribution in [1.82, 2.24) is 10.2 Å². The van der Waals surface area contributed by atoms with Crippen molar-refractivity contribution < 1.29 is 4.74 Å². The van der Waals surface area contributed by atoms with Gasteiger partial charge in [-0.25, -0.2) is 0 Å². The van der Waals surface area contributed by atoms with Crippen LogP contribution in [0.15, 0.2) is 11.4 Å². The number of H-pyrrole nitrogens is 1. The number of rotatable bonds is 4. The van der Waals surface area contributed by atoms with E-state index in [-0.39, 0.29) is 0 Å². The highest BCUT2D eigenvalue weighted by Crippen LogP contribution is 2.34. The number of anilines is 1. The van der Waals surface area contributed by atoms with Crippen molar-refractivity contribution in [2.45, 2.75) is 20.3 Å². The molecule has 2 aromatic heterocycles. The van der Waals surface area contributed by atoms with E-state index in [4.69, 9.17) is 10.5 Å². The number of nitrogen functional groups attached to an aromatic ring is 1. The number of nitrogens with zero attached hydrogens (tertiary/aromatic N) is 1. The van der Waals surface area contributed by atoms with Gasteiger partial charge in [-0.05, 0) is 12.3 Å². The van der Waals surface area contributed by atoms with Crippen LogP contribution in [0.3, 0.4) is 0 Å². The predicted octanol–water partition coefficient (Wildman–Crippen LogP) is 2.93. The lowest BCUT2D eigenvalue weighted by atomic mass is 10.0. The van der Waals surface area contributed by atoms with Gasteiger partial charge >= 0.3 is 0 Å². The molecule has 2 aromatic rings.